The lowest BCUT2D eigenvalue weighted by atomic mass is 9.83. The molecule has 0 bridgehead atoms. The van der Waals surface area contributed by atoms with E-state index in [1.807, 2.05) is 18.2 Å². The Hall–Kier alpha value is -2.39. The van der Waals surface area contributed by atoms with Crippen LogP contribution in [0.3, 0.4) is 0 Å². The lowest BCUT2D eigenvalue weighted by Crippen LogP contribution is -2.59. The molecule has 6 heteroatoms. The Balaban J connectivity index is 1.78. The van der Waals surface area contributed by atoms with Crippen LogP contribution in [0.4, 0.5) is 0 Å². The van der Waals surface area contributed by atoms with Crippen LogP contribution in [0.15, 0.2) is 30.3 Å². The Morgan fingerprint density at radius 3 is 2.48 bits per heavy atom. The second kappa shape index (κ2) is 9.89. The van der Waals surface area contributed by atoms with E-state index in [0.717, 1.165) is 25.9 Å². The van der Waals surface area contributed by atoms with Crippen molar-refractivity contribution >= 4 is 11.8 Å². The van der Waals surface area contributed by atoms with Crippen molar-refractivity contribution in [2.24, 2.45) is 5.92 Å². The molecule has 0 spiro atoms. The van der Waals surface area contributed by atoms with Crippen LogP contribution in [0.1, 0.15) is 61.7 Å². The topological polar surface area (TPSA) is 85.2 Å². The van der Waals surface area contributed by atoms with Crippen molar-refractivity contribution in [1.29, 1.82) is 5.26 Å². The van der Waals surface area contributed by atoms with Crippen molar-refractivity contribution in [1.82, 2.24) is 15.5 Å². The first-order valence-electron chi connectivity index (χ1n) is 10.8. The van der Waals surface area contributed by atoms with Crippen molar-refractivity contribution in [2.45, 2.75) is 62.9 Å². The zero-order chi connectivity index (χ0) is 20.7. The molecule has 1 aromatic carbocycles. The first kappa shape index (κ1) is 21.3. The highest BCUT2D eigenvalue weighted by Crippen LogP contribution is 2.30. The van der Waals surface area contributed by atoms with Gasteiger partial charge in [0.05, 0.1) is 6.07 Å². The first-order chi connectivity index (χ1) is 14.1. The first-order valence-corrected chi connectivity index (χ1v) is 10.8. The summed E-state index contributed by atoms with van der Waals surface area (Å²) in [7, 11) is 1.72. The predicted octanol–water partition coefficient (Wildman–Crippen LogP) is 2.86. The molecule has 2 N–H and O–H groups in total. The molecule has 156 valence electrons. The number of rotatable bonds is 6. The van der Waals surface area contributed by atoms with E-state index in [4.69, 9.17) is 0 Å². The van der Waals surface area contributed by atoms with E-state index in [2.05, 4.69) is 16.7 Å². The highest BCUT2D eigenvalue weighted by Gasteiger charge is 2.41. The van der Waals surface area contributed by atoms with E-state index >= 15 is 0 Å². The Morgan fingerprint density at radius 1 is 1.21 bits per heavy atom. The van der Waals surface area contributed by atoms with Gasteiger partial charge in [0, 0.05) is 12.6 Å². The van der Waals surface area contributed by atoms with Crippen LogP contribution in [-0.4, -0.2) is 48.4 Å². The largest absolute Gasteiger partial charge is 0.340 e. The van der Waals surface area contributed by atoms with Crippen LogP contribution in [0.25, 0.3) is 0 Å². The normalized spacial score (nSPS) is 20.3. The van der Waals surface area contributed by atoms with Crippen LogP contribution < -0.4 is 10.6 Å². The van der Waals surface area contributed by atoms with Gasteiger partial charge in [-0.3, -0.25) is 9.59 Å². The summed E-state index contributed by atoms with van der Waals surface area (Å²) >= 11 is 0. The van der Waals surface area contributed by atoms with Gasteiger partial charge in [-0.1, -0.05) is 50.3 Å². The third kappa shape index (κ3) is 5.16. The van der Waals surface area contributed by atoms with E-state index in [0.29, 0.717) is 30.7 Å². The molecule has 0 aromatic heterocycles. The zero-order valence-electron chi connectivity index (χ0n) is 17.3. The van der Waals surface area contributed by atoms with Crippen molar-refractivity contribution in [3.8, 4) is 6.07 Å². The number of nitriles is 1. The SMILES string of the molecule is CN(C(=O)C(CC1CCCCC1)NC(=O)c1ccccc1)C1(C#N)CCNCC1. The van der Waals surface area contributed by atoms with Gasteiger partial charge < -0.3 is 15.5 Å². The molecule has 1 saturated heterocycles. The van der Waals surface area contributed by atoms with Gasteiger partial charge in [-0.25, -0.2) is 0 Å². The Labute approximate surface area is 173 Å². The smallest absolute Gasteiger partial charge is 0.251 e. The van der Waals surface area contributed by atoms with Gasteiger partial charge in [0.25, 0.3) is 5.91 Å². The number of amides is 2. The maximum absolute atomic E-state index is 13.5. The molecule has 2 amide bonds. The molecule has 1 aliphatic heterocycles. The van der Waals surface area contributed by atoms with Crippen LogP contribution >= 0.6 is 0 Å². The molecule has 1 heterocycles. The molecular weight excluding hydrogens is 364 g/mol. The predicted molar refractivity (Wildman–Crippen MR) is 112 cm³/mol. The summed E-state index contributed by atoms with van der Waals surface area (Å²) in [5.74, 6) is 0.0565. The minimum Gasteiger partial charge on any atom is -0.340 e. The third-order valence-electron chi connectivity index (χ3n) is 6.54. The number of nitrogens with one attached hydrogen (secondary N) is 2. The van der Waals surface area contributed by atoms with Gasteiger partial charge in [0.2, 0.25) is 5.91 Å². The molecule has 1 unspecified atom stereocenters. The molecule has 1 saturated carbocycles. The molecular formula is C23H32N4O2. The minimum atomic E-state index is -0.801. The van der Waals surface area contributed by atoms with Crippen molar-refractivity contribution in [3.05, 3.63) is 35.9 Å². The maximum atomic E-state index is 13.5. The average molecular weight is 397 g/mol. The molecule has 3 rings (SSSR count). The summed E-state index contributed by atoms with van der Waals surface area (Å²) in [5, 5.41) is 16.1. The quantitative estimate of drug-likeness (QED) is 0.774. The van der Waals surface area contributed by atoms with E-state index in [-0.39, 0.29) is 11.8 Å². The van der Waals surface area contributed by atoms with Crippen LogP contribution in [0.5, 0.6) is 0 Å². The maximum Gasteiger partial charge on any atom is 0.251 e. The summed E-state index contributed by atoms with van der Waals surface area (Å²) < 4.78 is 0. The summed E-state index contributed by atoms with van der Waals surface area (Å²) in [6.45, 7) is 1.43. The standard InChI is InChI=1S/C23H32N4O2/c1-27(23(17-24)12-14-25-15-13-23)22(29)20(16-18-8-4-2-5-9-18)26-21(28)19-10-6-3-7-11-19/h3,6-7,10-11,18,20,25H,2,4-5,8-9,12-16H2,1H3,(H,26,28). The molecule has 1 aromatic rings. The molecule has 1 atom stereocenters. The van der Waals surface area contributed by atoms with Crippen LogP contribution in [-0.2, 0) is 4.79 Å². The van der Waals surface area contributed by atoms with Gasteiger partial charge >= 0.3 is 0 Å². The number of carbonyl (C=O) groups excluding carboxylic acids is 2. The summed E-state index contributed by atoms with van der Waals surface area (Å²) in [5.41, 5.74) is -0.251. The van der Waals surface area contributed by atoms with Gasteiger partial charge in [0.15, 0.2) is 0 Å². The highest BCUT2D eigenvalue weighted by molar-refractivity contribution is 5.97. The Kier molecular flexibility index (Phi) is 7.27. The fraction of sp³-hybridized carbons (Fsp3) is 0.609. The minimum absolute atomic E-state index is 0.150. The zero-order valence-corrected chi connectivity index (χ0v) is 17.3. The summed E-state index contributed by atoms with van der Waals surface area (Å²) in [6, 6.07) is 10.8. The Morgan fingerprint density at radius 2 is 1.86 bits per heavy atom. The van der Waals surface area contributed by atoms with E-state index in [9.17, 15) is 14.9 Å². The average Bonchev–Trinajstić information content (AvgIpc) is 2.79. The number of nitrogens with zero attached hydrogens (tertiary/aromatic N) is 2. The van der Waals surface area contributed by atoms with Crippen molar-refractivity contribution in [2.75, 3.05) is 20.1 Å². The van der Waals surface area contributed by atoms with E-state index in [1.54, 1.807) is 24.1 Å². The van der Waals surface area contributed by atoms with Crippen molar-refractivity contribution < 1.29 is 9.59 Å². The highest BCUT2D eigenvalue weighted by atomic mass is 16.2. The molecule has 1 aliphatic carbocycles. The fourth-order valence-corrected chi connectivity index (χ4v) is 4.62. The lowest BCUT2D eigenvalue weighted by Gasteiger charge is -2.41. The van der Waals surface area contributed by atoms with E-state index < -0.39 is 11.6 Å². The molecule has 0 radical (unpaired) electrons. The molecule has 2 fully saturated rings. The monoisotopic (exact) mass is 396 g/mol. The molecule has 2 aliphatic rings. The fourth-order valence-electron chi connectivity index (χ4n) is 4.62. The number of carbonyl (C=O) groups is 2. The third-order valence-corrected chi connectivity index (χ3v) is 6.54. The number of benzene rings is 1. The molecule has 6 nitrogen and oxygen atoms in total. The van der Waals surface area contributed by atoms with Crippen molar-refractivity contribution in [3.63, 3.8) is 0 Å². The van der Waals surface area contributed by atoms with Gasteiger partial charge in [-0.2, -0.15) is 5.26 Å². The second-order valence-electron chi connectivity index (χ2n) is 8.42. The summed E-state index contributed by atoms with van der Waals surface area (Å²) in [4.78, 5) is 27.9. The lowest BCUT2D eigenvalue weighted by molar-refractivity contribution is -0.137. The number of piperidine rings is 1. The van der Waals surface area contributed by atoms with Gasteiger partial charge in [-0.05, 0) is 50.4 Å². The number of hydrogen-bond acceptors (Lipinski definition) is 4. The molecule has 29 heavy (non-hydrogen) atoms. The van der Waals surface area contributed by atoms with Crippen LogP contribution in [0, 0.1) is 17.2 Å². The second-order valence-corrected chi connectivity index (χ2v) is 8.42. The van der Waals surface area contributed by atoms with Crippen LogP contribution in [0.2, 0.25) is 0 Å². The van der Waals surface area contributed by atoms with Gasteiger partial charge in [0.1, 0.15) is 11.6 Å². The van der Waals surface area contributed by atoms with E-state index in [1.165, 1.54) is 19.3 Å². The van der Waals surface area contributed by atoms with Gasteiger partial charge in [-0.15, -0.1) is 0 Å². The Bertz CT molecular complexity index is 731. The number of likely N-dealkylation sites (N-methyl/N-ethyl adjacent to an activating group) is 1. The summed E-state index contributed by atoms with van der Waals surface area (Å²) in [6.07, 6.45) is 7.66. The number of hydrogen-bond donors (Lipinski definition) is 2.